The zero-order valence-corrected chi connectivity index (χ0v) is 40.7. The van der Waals surface area contributed by atoms with Crippen molar-refractivity contribution in [1.29, 1.82) is 0 Å². The Hall–Kier alpha value is -8.80. The lowest BCUT2D eigenvalue weighted by atomic mass is 9.97. The molecular weight excluding hydrogens is 909 g/mol. The summed E-state index contributed by atoms with van der Waals surface area (Å²) < 4.78 is 5.09. The molecule has 0 radical (unpaired) electrons. The number of nitrogens with zero attached hydrogens (tertiary/aromatic N) is 2. The molecule has 0 aliphatic carbocycles. The van der Waals surface area contributed by atoms with Gasteiger partial charge < -0.3 is 9.80 Å². The maximum Gasteiger partial charge on any atom is 0.0640 e. The molecule has 0 aliphatic heterocycles. The lowest BCUT2D eigenvalue weighted by Crippen LogP contribution is -2.14. The van der Waals surface area contributed by atoms with E-state index in [9.17, 15) is 0 Å². The average molecular weight is 953 g/mol. The van der Waals surface area contributed by atoms with Gasteiger partial charge in [-0.05, 0) is 104 Å². The van der Waals surface area contributed by atoms with Crippen LogP contribution in [0.1, 0.15) is 0 Å². The Morgan fingerprint density at radius 3 is 1.49 bits per heavy atom. The number of benzene rings is 12. The number of hydrogen-bond acceptors (Lipinski definition) is 4. The molecule has 14 aromatic rings. The van der Waals surface area contributed by atoms with Crippen LogP contribution in [0.3, 0.4) is 0 Å². The summed E-state index contributed by atoms with van der Waals surface area (Å²) >= 11 is 3.76. The van der Waals surface area contributed by atoms with Crippen LogP contribution in [0.4, 0.5) is 34.1 Å². The maximum atomic E-state index is 2.51. The summed E-state index contributed by atoms with van der Waals surface area (Å²) in [6.45, 7) is 0. The highest BCUT2D eigenvalue weighted by atomic mass is 32.1. The van der Waals surface area contributed by atoms with Crippen LogP contribution in [0.25, 0.3) is 95.3 Å². The Bertz CT molecular complexity index is 4360. The normalized spacial score (nSPS) is 11.6. The summed E-state index contributed by atoms with van der Waals surface area (Å²) in [7, 11) is 0. The van der Waals surface area contributed by atoms with E-state index in [0.29, 0.717) is 0 Å². The third kappa shape index (κ3) is 7.14. The van der Waals surface area contributed by atoms with Gasteiger partial charge in [0.15, 0.2) is 0 Å². The maximum absolute atomic E-state index is 2.51. The van der Waals surface area contributed by atoms with E-state index in [1.807, 2.05) is 22.7 Å². The lowest BCUT2D eigenvalue weighted by molar-refractivity contribution is 1.28. The van der Waals surface area contributed by atoms with Crippen LogP contribution in [-0.4, -0.2) is 0 Å². The van der Waals surface area contributed by atoms with Crippen LogP contribution >= 0.6 is 22.7 Å². The zero-order valence-electron chi connectivity index (χ0n) is 39.1. The molecule has 0 fully saturated rings. The van der Waals surface area contributed by atoms with Crippen molar-refractivity contribution >= 4 is 119 Å². The second-order valence-electron chi connectivity index (χ2n) is 18.4. The van der Waals surface area contributed by atoms with Gasteiger partial charge in [-0.25, -0.2) is 0 Å². The van der Waals surface area contributed by atoms with Crippen molar-refractivity contribution in [3.8, 4) is 33.4 Å². The van der Waals surface area contributed by atoms with Crippen LogP contribution in [0.5, 0.6) is 0 Å². The zero-order chi connectivity index (χ0) is 47.5. The van der Waals surface area contributed by atoms with E-state index in [1.54, 1.807) is 0 Å². The second-order valence-corrected chi connectivity index (χ2v) is 20.5. The van der Waals surface area contributed by atoms with E-state index >= 15 is 0 Å². The molecule has 0 atom stereocenters. The van der Waals surface area contributed by atoms with Crippen LogP contribution in [0, 0.1) is 0 Å². The van der Waals surface area contributed by atoms with Crippen molar-refractivity contribution in [3.05, 3.63) is 267 Å². The van der Waals surface area contributed by atoms with E-state index in [-0.39, 0.29) is 0 Å². The molecule has 2 heterocycles. The summed E-state index contributed by atoms with van der Waals surface area (Å²) in [4.78, 5) is 5.00. The molecule has 2 aromatic heterocycles. The van der Waals surface area contributed by atoms with E-state index in [0.717, 1.165) is 45.3 Å². The summed E-state index contributed by atoms with van der Waals surface area (Å²) in [5.41, 5.74) is 13.6. The first-order chi connectivity index (χ1) is 35.7. The Kier molecular flexibility index (Phi) is 10.3. The minimum Gasteiger partial charge on any atom is -0.308 e. The van der Waals surface area contributed by atoms with E-state index < -0.39 is 0 Å². The van der Waals surface area contributed by atoms with Crippen molar-refractivity contribution in [2.75, 3.05) is 9.80 Å². The molecule has 14 rings (SSSR count). The molecule has 0 N–H and O–H groups in total. The second kappa shape index (κ2) is 17.6. The summed E-state index contributed by atoms with van der Waals surface area (Å²) in [6.07, 6.45) is 0. The highest BCUT2D eigenvalue weighted by molar-refractivity contribution is 7.27. The first-order valence-corrected chi connectivity index (χ1v) is 26.1. The Morgan fingerprint density at radius 2 is 0.722 bits per heavy atom. The molecule has 0 bridgehead atoms. The molecule has 0 saturated carbocycles. The van der Waals surface area contributed by atoms with Gasteiger partial charge in [0.05, 0.1) is 32.1 Å². The smallest absolute Gasteiger partial charge is 0.0640 e. The summed E-state index contributed by atoms with van der Waals surface area (Å²) in [6, 6.07) is 98.1. The molecule has 338 valence electrons. The van der Waals surface area contributed by atoms with Crippen LogP contribution < -0.4 is 9.80 Å². The predicted molar refractivity (Wildman–Crippen MR) is 313 cm³/mol. The van der Waals surface area contributed by atoms with Gasteiger partial charge in [-0.2, -0.15) is 0 Å². The van der Waals surface area contributed by atoms with Crippen molar-refractivity contribution in [3.63, 3.8) is 0 Å². The molecule has 0 saturated heterocycles. The van der Waals surface area contributed by atoms with Gasteiger partial charge in [-0.15, -0.1) is 22.7 Å². The minimum atomic E-state index is 1.09. The first-order valence-electron chi connectivity index (χ1n) is 24.5. The van der Waals surface area contributed by atoms with Crippen LogP contribution in [0.2, 0.25) is 0 Å². The largest absolute Gasteiger partial charge is 0.308 e. The first kappa shape index (κ1) is 42.1. The molecular formula is C68H44N2S2. The van der Waals surface area contributed by atoms with Crippen molar-refractivity contribution in [1.82, 2.24) is 0 Å². The van der Waals surface area contributed by atoms with Gasteiger partial charge in [0.1, 0.15) is 0 Å². The SMILES string of the molecule is c1ccc(-c2ccc(N(c3ccccc3-c3ccccc3N(c3cccc(-c4ccc5ccccc5c4)c3)c3cccc4c3sc3ccccc34)c3cccc4c3sc3c5ccccc5ccc43)cc2)cc1. The molecule has 2 nitrogen and oxygen atoms in total. The fourth-order valence-corrected chi connectivity index (χ4v) is 13.4. The molecule has 0 aliphatic rings. The van der Waals surface area contributed by atoms with Crippen molar-refractivity contribution in [2.24, 2.45) is 0 Å². The van der Waals surface area contributed by atoms with Gasteiger partial charge in [-0.1, -0.05) is 206 Å². The van der Waals surface area contributed by atoms with Crippen LogP contribution in [-0.2, 0) is 0 Å². The van der Waals surface area contributed by atoms with Crippen molar-refractivity contribution < 1.29 is 0 Å². The standard InChI is InChI=1S/C68H44N2S2/c1-2-17-45(18-3-1)47-37-40-52(41-38-47)69(64-33-16-29-59-60-42-39-48-20-6-7-24-54(48)66(60)72-68(59)64)61-30-11-8-25-55(61)56-26-9-12-31-62(56)70(63-32-15-28-58-57-27-10-13-34-65(57)71-67(58)63)53-23-14-22-50(44-53)51-36-35-46-19-4-5-21-49(46)43-51/h1-44H. The summed E-state index contributed by atoms with van der Waals surface area (Å²) in [5, 5.41) is 10.1. The number of fused-ring (bicyclic) bond motifs is 9. The third-order valence-electron chi connectivity index (χ3n) is 14.2. The Balaban J connectivity index is 1.00. The van der Waals surface area contributed by atoms with E-state index in [1.165, 1.54) is 84.1 Å². The number of rotatable bonds is 9. The minimum absolute atomic E-state index is 1.09. The predicted octanol–water partition coefficient (Wildman–Crippen LogP) is 20.7. The molecule has 0 spiro atoms. The van der Waals surface area contributed by atoms with Gasteiger partial charge in [0.25, 0.3) is 0 Å². The third-order valence-corrected chi connectivity index (χ3v) is 16.7. The van der Waals surface area contributed by atoms with Gasteiger partial charge >= 0.3 is 0 Å². The fourth-order valence-electron chi connectivity index (χ4n) is 10.8. The lowest BCUT2D eigenvalue weighted by Gasteiger charge is -2.31. The Morgan fingerprint density at radius 1 is 0.236 bits per heavy atom. The molecule has 0 unspecified atom stereocenters. The summed E-state index contributed by atoms with van der Waals surface area (Å²) in [5.74, 6) is 0. The average Bonchev–Trinajstić information content (AvgIpc) is 4.04. The molecule has 0 amide bonds. The monoisotopic (exact) mass is 952 g/mol. The van der Waals surface area contributed by atoms with E-state index in [4.69, 9.17) is 0 Å². The van der Waals surface area contributed by atoms with Crippen molar-refractivity contribution in [2.45, 2.75) is 0 Å². The highest BCUT2D eigenvalue weighted by Gasteiger charge is 2.26. The quantitative estimate of drug-likeness (QED) is 0.142. The number of anilines is 6. The molecule has 72 heavy (non-hydrogen) atoms. The number of thiophene rings is 2. The van der Waals surface area contributed by atoms with Gasteiger partial charge in [0.2, 0.25) is 0 Å². The Labute approximate surface area is 426 Å². The van der Waals surface area contributed by atoms with E-state index in [2.05, 4.69) is 277 Å². The van der Waals surface area contributed by atoms with Gasteiger partial charge in [-0.3, -0.25) is 0 Å². The molecule has 4 heteroatoms. The highest BCUT2D eigenvalue weighted by Crippen LogP contribution is 2.52. The van der Waals surface area contributed by atoms with Crippen LogP contribution in [0.15, 0.2) is 267 Å². The molecule has 12 aromatic carbocycles. The topological polar surface area (TPSA) is 6.48 Å². The van der Waals surface area contributed by atoms with Gasteiger partial charge in [0, 0.05) is 53.4 Å². The number of para-hydroxylation sites is 2. The number of hydrogen-bond donors (Lipinski definition) is 0. The fraction of sp³-hybridized carbons (Fsp3) is 0.